The minimum Gasteiger partial charge on any atom is -0.389 e. The van der Waals surface area contributed by atoms with E-state index in [0.29, 0.717) is 0 Å². The summed E-state index contributed by atoms with van der Waals surface area (Å²) in [5.41, 5.74) is 0. The molecular weight excluding hydrogens is 112 g/mol. The standard InChI is InChI=1S/C8H10O/c1-3-4-5-6-7-8(2)9/h1,4-9H,2H3. The Labute approximate surface area is 55.7 Å². The first-order valence-electron chi connectivity index (χ1n) is 2.75. The minimum atomic E-state index is -0.396. The molecule has 0 aliphatic carbocycles. The number of terminal acetylenes is 1. The lowest BCUT2D eigenvalue weighted by Crippen LogP contribution is -1.90. The molecular formula is C8H10O. The van der Waals surface area contributed by atoms with Crippen LogP contribution in [-0.2, 0) is 0 Å². The highest BCUT2D eigenvalue weighted by molar-refractivity contribution is 5.15. The number of hydrogen-bond acceptors (Lipinski definition) is 1. The second-order valence-electron chi connectivity index (χ2n) is 1.65. The van der Waals surface area contributed by atoms with Crippen LogP contribution in [0.4, 0.5) is 0 Å². The zero-order valence-electron chi connectivity index (χ0n) is 5.41. The van der Waals surface area contributed by atoms with Gasteiger partial charge in [0.25, 0.3) is 0 Å². The van der Waals surface area contributed by atoms with E-state index >= 15 is 0 Å². The Balaban J connectivity index is 3.50. The molecule has 0 heterocycles. The molecule has 0 amide bonds. The van der Waals surface area contributed by atoms with Crippen molar-refractivity contribution in [2.24, 2.45) is 0 Å². The Morgan fingerprint density at radius 1 is 1.56 bits per heavy atom. The van der Waals surface area contributed by atoms with E-state index in [0.717, 1.165) is 0 Å². The SMILES string of the molecule is C#CC=CC=CC(C)O. The van der Waals surface area contributed by atoms with E-state index in [2.05, 4.69) is 5.92 Å². The maximum absolute atomic E-state index is 8.68. The van der Waals surface area contributed by atoms with Gasteiger partial charge in [-0.1, -0.05) is 24.1 Å². The Morgan fingerprint density at radius 2 is 2.22 bits per heavy atom. The lowest BCUT2D eigenvalue weighted by molar-refractivity contribution is 0.244. The summed E-state index contributed by atoms with van der Waals surface area (Å²) in [6.45, 7) is 1.68. The first kappa shape index (κ1) is 8.00. The van der Waals surface area contributed by atoms with Crippen molar-refractivity contribution in [2.45, 2.75) is 13.0 Å². The van der Waals surface area contributed by atoms with Crippen molar-refractivity contribution >= 4 is 0 Å². The van der Waals surface area contributed by atoms with E-state index < -0.39 is 6.10 Å². The predicted octanol–water partition coefficient (Wildman–Crippen LogP) is 1.11. The molecule has 0 aromatic rings. The zero-order chi connectivity index (χ0) is 7.11. The average Bonchev–Trinajstić information content (AvgIpc) is 1.80. The van der Waals surface area contributed by atoms with Crippen LogP contribution >= 0.6 is 0 Å². The zero-order valence-corrected chi connectivity index (χ0v) is 5.41. The third-order valence-electron chi connectivity index (χ3n) is 0.693. The summed E-state index contributed by atoms with van der Waals surface area (Å²) in [5, 5.41) is 8.68. The Morgan fingerprint density at radius 3 is 2.67 bits per heavy atom. The van der Waals surface area contributed by atoms with Gasteiger partial charge < -0.3 is 5.11 Å². The van der Waals surface area contributed by atoms with Crippen LogP contribution in [0.2, 0.25) is 0 Å². The second-order valence-corrected chi connectivity index (χ2v) is 1.65. The predicted molar refractivity (Wildman–Crippen MR) is 38.8 cm³/mol. The first-order chi connectivity index (χ1) is 4.27. The molecule has 0 radical (unpaired) electrons. The van der Waals surface area contributed by atoms with E-state index in [-0.39, 0.29) is 0 Å². The van der Waals surface area contributed by atoms with Crippen molar-refractivity contribution in [3.63, 3.8) is 0 Å². The van der Waals surface area contributed by atoms with Gasteiger partial charge in [-0.05, 0) is 13.0 Å². The summed E-state index contributed by atoms with van der Waals surface area (Å²) in [6, 6.07) is 0. The van der Waals surface area contributed by atoms with Crippen LogP contribution in [0.25, 0.3) is 0 Å². The van der Waals surface area contributed by atoms with Gasteiger partial charge in [0.05, 0.1) is 6.10 Å². The molecule has 0 saturated heterocycles. The van der Waals surface area contributed by atoms with Crippen molar-refractivity contribution in [3.05, 3.63) is 24.3 Å². The van der Waals surface area contributed by atoms with Gasteiger partial charge in [-0.25, -0.2) is 0 Å². The fourth-order valence-corrected chi connectivity index (χ4v) is 0.336. The second kappa shape index (κ2) is 5.14. The van der Waals surface area contributed by atoms with Gasteiger partial charge >= 0.3 is 0 Å². The van der Waals surface area contributed by atoms with Crippen LogP contribution in [0.15, 0.2) is 24.3 Å². The van der Waals surface area contributed by atoms with Crippen LogP contribution in [0.1, 0.15) is 6.92 Å². The fourth-order valence-electron chi connectivity index (χ4n) is 0.336. The van der Waals surface area contributed by atoms with E-state index in [1.165, 1.54) is 0 Å². The van der Waals surface area contributed by atoms with Crippen molar-refractivity contribution in [1.29, 1.82) is 0 Å². The third-order valence-corrected chi connectivity index (χ3v) is 0.693. The van der Waals surface area contributed by atoms with Gasteiger partial charge in [0.15, 0.2) is 0 Å². The number of aliphatic hydroxyl groups is 1. The molecule has 1 heteroatoms. The van der Waals surface area contributed by atoms with Gasteiger partial charge in [-0.2, -0.15) is 0 Å². The van der Waals surface area contributed by atoms with Crippen LogP contribution < -0.4 is 0 Å². The van der Waals surface area contributed by atoms with E-state index in [4.69, 9.17) is 11.5 Å². The molecule has 48 valence electrons. The Bertz CT molecular complexity index is 146. The highest BCUT2D eigenvalue weighted by atomic mass is 16.3. The fraction of sp³-hybridized carbons (Fsp3) is 0.250. The summed E-state index contributed by atoms with van der Waals surface area (Å²) in [5.74, 6) is 2.33. The summed E-state index contributed by atoms with van der Waals surface area (Å²) in [6.07, 6.45) is 11.1. The summed E-state index contributed by atoms with van der Waals surface area (Å²) in [4.78, 5) is 0. The molecule has 1 atom stereocenters. The number of aliphatic hydroxyl groups excluding tert-OH is 1. The quantitative estimate of drug-likeness (QED) is 0.429. The highest BCUT2D eigenvalue weighted by Crippen LogP contribution is 1.82. The van der Waals surface area contributed by atoms with Gasteiger partial charge in [0.2, 0.25) is 0 Å². The molecule has 1 nitrogen and oxygen atoms in total. The van der Waals surface area contributed by atoms with Crippen molar-refractivity contribution in [3.8, 4) is 12.3 Å². The molecule has 0 spiro atoms. The van der Waals surface area contributed by atoms with Crippen LogP contribution in [-0.4, -0.2) is 11.2 Å². The number of hydrogen-bond donors (Lipinski definition) is 1. The van der Waals surface area contributed by atoms with Crippen molar-refractivity contribution < 1.29 is 5.11 Å². The number of allylic oxidation sites excluding steroid dienone is 3. The molecule has 0 aromatic carbocycles. The van der Waals surface area contributed by atoms with Gasteiger partial charge in [-0.3, -0.25) is 0 Å². The summed E-state index contributed by atoms with van der Waals surface area (Å²) >= 11 is 0. The van der Waals surface area contributed by atoms with Crippen molar-refractivity contribution in [2.75, 3.05) is 0 Å². The molecule has 1 N–H and O–H groups in total. The Hall–Kier alpha value is -1.00. The molecule has 0 fully saturated rings. The van der Waals surface area contributed by atoms with E-state index in [1.807, 2.05) is 0 Å². The van der Waals surface area contributed by atoms with Gasteiger partial charge in [0, 0.05) is 0 Å². The maximum Gasteiger partial charge on any atom is 0.0695 e. The molecule has 0 aliphatic rings. The molecule has 0 aliphatic heterocycles. The average molecular weight is 122 g/mol. The monoisotopic (exact) mass is 122 g/mol. The van der Waals surface area contributed by atoms with Crippen LogP contribution in [0.5, 0.6) is 0 Å². The summed E-state index contributed by atoms with van der Waals surface area (Å²) < 4.78 is 0. The van der Waals surface area contributed by atoms with Crippen LogP contribution in [0.3, 0.4) is 0 Å². The topological polar surface area (TPSA) is 20.2 Å². The Kier molecular flexibility index (Phi) is 4.57. The lowest BCUT2D eigenvalue weighted by atomic mass is 10.3. The lowest BCUT2D eigenvalue weighted by Gasteiger charge is -1.88. The van der Waals surface area contributed by atoms with Gasteiger partial charge in [-0.15, -0.1) is 6.42 Å². The molecule has 9 heavy (non-hydrogen) atoms. The van der Waals surface area contributed by atoms with E-state index in [9.17, 15) is 0 Å². The number of rotatable bonds is 2. The summed E-state index contributed by atoms with van der Waals surface area (Å²) in [7, 11) is 0. The largest absolute Gasteiger partial charge is 0.389 e. The van der Waals surface area contributed by atoms with Crippen molar-refractivity contribution in [1.82, 2.24) is 0 Å². The third kappa shape index (κ3) is 7.00. The maximum atomic E-state index is 8.68. The van der Waals surface area contributed by atoms with Gasteiger partial charge in [0.1, 0.15) is 0 Å². The first-order valence-corrected chi connectivity index (χ1v) is 2.75. The highest BCUT2D eigenvalue weighted by Gasteiger charge is 1.79. The van der Waals surface area contributed by atoms with E-state index in [1.54, 1.807) is 31.2 Å². The molecule has 0 saturated carbocycles. The normalized spacial score (nSPS) is 14.3. The van der Waals surface area contributed by atoms with Crippen LogP contribution in [0, 0.1) is 12.3 Å². The minimum absolute atomic E-state index is 0.396. The molecule has 0 aromatic heterocycles. The smallest absolute Gasteiger partial charge is 0.0695 e. The molecule has 1 unspecified atom stereocenters. The molecule has 0 bridgehead atoms. The molecule has 0 rings (SSSR count).